The fraction of sp³-hybridized carbons (Fsp3) is 0.760. The molecule has 166 valence electrons. The molecule has 5 heteroatoms. The monoisotopic (exact) mass is 416 g/mol. The Balaban J connectivity index is 1.73. The molecule has 0 radical (unpaired) electrons. The number of hydrogen-bond acceptors (Lipinski definition) is 4. The summed E-state index contributed by atoms with van der Waals surface area (Å²) in [5, 5.41) is 22.7. The van der Waals surface area contributed by atoms with Gasteiger partial charge in [-0.1, -0.05) is 25.2 Å². The van der Waals surface area contributed by atoms with Crippen molar-refractivity contribution in [2.24, 2.45) is 28.1 Å². The summed E-state index contributed by atoms with van der Waals surface area (Å²) in [6.45, 7) is 11.6. The topological polar surface area (TPSA) is 83.8 Å². The van der Waals surface area contributed by atoms with Crippen LogP contribution in [0.15, 0.2) is 23.8 Å². The Kier molecular flexibility index (Phi) is 4.82. The van der Waals surface area contributed by atoms with Crippen molar-refractivity contribution in [2.45, 2.75) is 90.8 Å². The Hall–Kier alpha value is -1.62. The molecule has 30 heavy (non-hydrogen) atoms. The summed E-state index contributed by atoms with van der Waals surface area (Å²) in [4.78, 5) is 25.2. The van der Waals surface area contributed by atoms with Crippen LogP contribution in [0.5, 0.6) is 0 Å². The quantitative estimate of drug-likeness (QED) is 0.398. The summed E-state index contributed by atoms with van der Waals surface area (Å²) in [6.07, 6.45) is 7.16. The minimum atomic E-state index is -1.22. The Morgan fingerprint density at radius 1 is 1.17 bits per heavy atom. The molecule has 0 aromatic rings. The number of aliphatic carboxylic acids is 1. The normalized spacial score (nSPS) is 48.0. The van der Waals surface area contributed by atoms with Gasteiger partial charge in [-0.15, -0.1) is 0 Å². The maximum atomic E-state index is 12.7. The molecule has 4 aliphatic rings. The zero-order valence-electron chi connectivity index (χ0n) is 18.8. The predicted molar refractivity (Wildman–Crippen MR) is 114 cm³/mol. The molecule has 2 bridgehead atoms. The molecule has 7 atom stereocenters. The molecule has 0 aromatic carbocycles. The zero-order chi connectivity index (χ0) is 22.1. The first-order valence-corrected chi connectivity index (χ1v) is 11.4. The highest BCUT2D eigenvalue weighted by molar-refractivity contribution is 5.88. The molecule has 0 unspecified atom stereocenters. The fourth-order valence-electron chi connectivity index (χ4n) is 7.96. The van der Waals surface area contributed by atoms with Crippen molar-refractivity contribution in [2.75, 3.05) is 0 Å². The van der Waals surface area contributed by atoms with Gasteiger partial charge in [-0.2, -0.15) is 0 Å². The molecule has 4 rings (SSSR count). The molecule has 4 fully saturated rings. The number of ether oxygens (including phenoxy) is 1. The molecule has 0 aromatic heterocycles. The van der Waals surface area contributed by atoms with Crippen LogP contribution < -0.4 is 0 Å². The van der Waals surface area contributed by atoms with E-state index >= 15 is 0 Å². The van der Waals surface area contributed by atoms with Gasteiger partial charge in [0.25, 0.3) is 0 Å². The highest BCUT2D eigenvalue weighted by Crippen LogP contribution is 2.74. The zero-order valence-corrected chi connectivity index (χ0v) is 18.8. The Labute approximate surface area is 179 Å². The van der Waals surface area contributed by atoms with E-state index in [1.54, 1.807) is 26.8 Å². The van der Waals surface area contributed by atoms with Gasteiger partial charge in [-0.3, -0.25) is 4.79 Å². The summed E-state index contributed by atoms with van der Waals surface area (Å²) < 4.78 is 5.78. The van der Waals surface area contributed by atoms with Gasteiger partial charge in [0.15, 0.2) is 0 Å². The van der Waals surface area contributed by atoms with E-state index in [1.807, 2.05) is 0 Å². The van der Waals surface area contributed by atoms with E-state index in [1.165, 1.54) is 5.57 Å². The lowest BCUT2D eigenvalue weighted by molar-refractivity contribution is -0.276. The van der Waals surface area contributed by atoms with E-state index < -0.39 is 34.5 Å². The maximum absolute atomic E-state index is 12.7. The Morgan fingerprint density at radius 3 is 2.50 bits per heavy atom. The van der Waals surface area contributed by atoms with E-state index in [9.17, 15) is 19.8 Å². The number of esters is 1. The van der Waals surface area contributed by atoms with E-state index in [2.05, 4.69) is 13.5 Å². The second-order valence-electron chi connectivity index (χ2n) is 10.9. The number of carboxylic acids is 1. The lowest BCUT2D eigenvalue weighted by Gasteiger charge is -2.68. The van der Waals surface area contributed by atoms with Crippen LogP contribution in [0.2, 0.25) is 0 Å². The summed E-state index contributed by atoms with van der Waals surface area (Å²) in [7, 11) is 0. The lowest BCUT2D eigenvalue weighted by Crippen LogP contribution is -2.71. The molecule has 0 amide bonds. The van der Waals surface area contributed by atoms with Gasteiger partial charge >= 0.3 is 11.9 Å². The average molecular weight is 417 g/mol. The second kappa shape index (κ2) is 6.69. The minimum absolute atomic E-state index is 0.178. The predicted octanol–water partition coefficient (Wildman–Crippen LogP) is 4.64. The Morgan fingerprint density at radius 2 is 1.87 bits per heavy atom. The summed E-state index contributed by atoms with van der Waals surface area (Å²) >= 11 is 0. The molecule has 5 nitrogen and oxygen atoms in total. The van der Waals surface area contributed by atoms with Crippen molar-refractivity contribution in [1.82, 2.24) is 0 Å². The van der Waals surface area contributed by atoms with Gasteiger partial charge in [-0.25, -0.2) is 4.79 Å². The largest absolute Gasteiger partial charge is 0.481 e. The lowest BCUT2D eigenvalue weighted by atomic mass is 9.38. The third kappa shape index (κ3) is 2.50. The first kappa shape index (κ1) is 21.6. The number of carbonyl (C=O) groups excluding carboxylic acids is 1. The van der Waals surface area contributed by atoms with Crippen molar-refractivity contribution < 1.29 is 24.5 Å². The first-order valence-electron chi connectivity index (χ1n) is 11.4. The highest BCUT2D eigenvalue weighted by atomic mass is 16.5. The van der Waals surface area contributed by atoms with E-state index in [0.29, 0.717) is 30.8 Å². The van der Waals surface area contributed by atoms with Gasteiger partial charge in [0.1, 0.15) is 11.5 Å². The number of fused-ring (bicyclic) bond motifs is 3. The molecule has 0 saturated heterocycles. The average Bonchev–Trinajstić information content (AvgIpc) is 2.97. The van der Waals surface area contributed by atoms with Gasteiger partial charge in [0.05, 0.1) is 5.60 Å². The number of rotatable bonds is 3. The van der Waals surface area contributed by atoms with Crippen molar-refractivity contribution in [3.05, 3.63) is 23.8 Å². The van der Waals surface area contributed by atoms with Crippen molar-refractivity contribution >= 4 is 11.9 Å². The molecule has 0 heterocycles. The fourth-order valence-corrected chi connectivity index (χ4v) is 7.96. The van der Waals surface area contributed by atoms with Crippen molar-refractivity contribution in [3.8, 4) is 0 Å². The van der Waals surface area contributed by atoms with E-state index in [4.69, 9.17) is 4.74 Å². The number of hydrogen-bond donors (Lipinski definition) is 2. The molecular weight excluding hydrogens is 380 g/mol. The number of carbonyl (C=O) groups is 2. The number of carboxylic acid groups (broad SMARTS) is 1. The van der Waals surface area contributed by atoms with Crippen LogP contribution >= 0.6 is 0 Å². The van der Waals surface area contributed by atoms with Crippen LogP contribution in [-0.2, 0) is 14.3 Å². The molecule has 4 saturated carbocycles. The summed E-state index contributed by atoms with van der Waals surface area (Å²) in [5.74, 6) is -1.13. The van der Waals surface area contributed by atoms with Crippen LogP contribution in [0.4, 0.5) is 0 Å². The second-order valence-corrected chi connectivity index (χ2v) is 10.9. The number of aliphatic hydroxyl groups is 1. The molecular formula is C25H36O5. The van der Waals surface area contributed by atoms with Gasteiger partial charge in [-0.05, 0) is 84.0 Å². The van der Waals surface area contributed by atoms with Gasteiger partial charge in [0, 0.05) is 16.4 Å². The number of allylic oxidation sites excluding steroid dienone is 2. The molecule has 0 aliphatic heterocycles. The summed E-state index contributed by atoms with van der Waals surface area (Å²) in [5.41, 5.74) is -1.07. The highest BCUT2D eigenvalue weighted by Gasteiger charge is 2.74. The van der Waals surface area contributed by atoms with E-state index in [0.717, 1.165) is 32.1 Å². The first-order chi connectivity index (χ1) is 13.9. The smallest absolute Gasteiger partial charge is 0.333 e. The van der Waals surface area contributed by atoms with Crippen LogP contribution in [0.25, 0.3) is 0 Å². The summed E-state index contributed by atoms with van der Waals surface area (Å²) in [6, 6.07) is 0. The van der Waals surface area contributed by atoms with Crippen molar-refractivity contribution in [3.63, 3.8) is 0 Å². The standard InChI is InChI=1S/C25H36O5/c1-6-15(2)20(26)30-19-9-10-22(4)18(23(19,5)21(27)28)8-11-24-13-16(3)17(14-24)7-12-25(22,24)29/h6,17-19,29H,3,7-14H2,1-2,4-5H3,(H,27,28)/b15-6-/t17-,18+,19-,22-,23+,24-,25-/m1/s1. The SMILES string of the molecule is C=C1C[C@@]23CC[C@@H]4[C@](C)(C(=O)O)[C@H](OC(=O)/C(C)=C\C)CC[C@@]4(C)[C@]2(O)CC[C@@H]1C3. The van der Waals surface area contributed by atoms with Crippen molar-refractivity contribution in [1.29, 1.82) is 0 Å². The maximum Gasteiger partial charge on any atom is 0.333 e. The van der Waals surface area contributed by atoms with Crippen LogP contribution in [-0.4, -0.2) is 33.9 Å². The van der Waals surface area contributed by atoms with Crippen LogP contribution in [0.1, 0.15) is 79.1 Å². The van der Waals surface area contributed by atoms with Gasteiger partial charge in [0.2, 0.25) is 0 Å². The Bertz CT molecular complexity index is 829. The van der Waals surface area contributed by atoms with Crippen LogP contribution in [0, 0.1) is 28.1 Å². The third-order valence-electron chi connectivity index (χ3n) is 9.92. The van der Waals surface area contributed by atoms with Crippen LogP contribution in [0.3, 0.4) is 0 Å². The third-order valence-corrected chi connectivity index (χ3v) is 9.92. The molecule has 1 spiro atoms. The van der Waals surface area contributed by atoms with Gasteiger partial charge < -0.3 is 14.9 Å². The van der Waals surface area contributed by atoms with E-state index in [-0.39, 0.29) is 11.3 Å². The molecule has 2 N–H and O–H groups in total. The molecule has 4 aliphatic carbocycles. The minimum Gasteiger partial charge on any atom is -0.481 e.